The molecule has 0 bridgehead atoms. The van der Waals surface area contributed by atoms with Gasteiger partial charge in [-0.25, -0.2) is 0 Å². The Hall–Kier alpha value is -2.77. The van der Waals surface area contributed by atoms with Crippen molar-refractivity contribution in [2.24, 2.45) is 15.9 Å². The SMILES string of the molecule is COc1ccc(C=NN=C(N)SCc2ccccc2)cc1OCc1cccc(Br)c1. The number of benzene rings is 3. The molecule has 0 atom stereocenters. The van der Waals surface area contributed by atoms with E-state index in [0.717, 1.165) is 21.4 Å². The molecule has 0 aromatic heterocycles. The van der Waals surface area contributed by atoms with E-state index >= 15 is 0 Å². The summed E-state index contributed by atoms with van der Waals surface area (Å²) in [5.41, 5.74) is 9.01. The molecule has 7 heteroatoms. The van der Waals surface area contributed by atoms with Gasteiger partial charge in [0.25, 0.3) is 0 Å². The van der Waals surface area contributed by atoms with E-state index in [-0.39, 0.29) is 0 Å². The molecule has 0 amide bonds. The summed E-state index contributed by atoms with van der Waals surface area (Å²) in [6, 6.07) is 23.7. The second kappa shape index (κ2) is 11.4. The maximum atomic E-state index is 5.95. The van der Waals surface area contributed by atoms with Crippen molar-refractivity contribution in [3.05, 3.63) is 94.0 Å². The second-order valence-corrected chi connectivity index (χ2v) is 8.20. The third kappa shape index (κ3) is 6.93. The van der Waals surface area contributed by atoms with Gasteiger partial charge in [0.05, 0.1) is 13.3 Å². The van der Waals surface area contributed by atoms with Gasteiger partial charge in [0.2, 0.25) is 0 Å². The highest BCUT2D eigenvalue weighted by atomic mass is 79.9. The van der Waals surface area contributed by atoms with Gasteiger partial charge < -0.3 is 15.2 Å². The molecule has 0 fully saturated rings. The predicted molar refractivity (Wildman–Crippen MR) is 128 cm³/mol. The van der Waals surface area contributed by atoms with E-state index in [1.807, 2.05) is 60.7 Å². The van der Waals surface area contributed by atoms with Crippen LogP contribution >= 0.6 is 27.7 Å². The van der Waals surface area contributed by atoms with Gasteiger partial charge in [-0.1, -0.05) is 70.2 Å². The first-order valence-electron chi connectivity index (χ1n) is 9.22. The Morgan fingerprint density at radius 2 is 1.80 bits per heavy atom. The average molecular weight is 484 g/mol. The fourth-order valence-electron chi connectivity index (χ4n) is 2.59. The van der Waals surface area contributed by atoms with Gasteiger partial charge in [-0.3, -0.25) is 0 Å². The van der Waals surface area contributed by atoms with Crippen LogP contribution in [0.5, 0.6) is 11.5 Å². The molecule has 2 N–H and O–H groups in total. The molecular formula is C23H22BrN3O2S. The van der Waals surface area contributed by atoms with Crippen molar-refractivity contribution in [1.29, 1.82) is 0 Å². The van der Waals surface area contributed by atoms with Crippen LogP contribution < -0.4 is 15.2 Å². The van der Waals surface area contributed by atoms with Crippen molar-refractivity contribution in [2.45, 2.75) is 12.4 Å². The highest BCUT2D eigenvalue weighted by Gasteiger charge is 2.06. The molecule has 0 aliphatic heterocycles. The van der Waals surface area contributed by atoms with Crippen LogP contribution in [-0.4, -0.2) is 18.5 Å². The van der Waals surface area contributed by atoms with Crippen LogP contribution in [0.3, 0.4) is 0 Å². The standard InChI is InChI=1S/C23H22BrN3O2S/c1-28-21-11-10-18(13-22(21)29-15-19-8-5-9-20(24)12-19)14-26-27-23(25)30-16-17-6-3-2-4-7-17/h2-14H,15-16H2,1H3,(H2,25,27). The van der Waals surface area contributed by atoms with Gasteiger partial charge in [0.1, 0.15) is 6.61 Å². The number of hydrogen-bond donors (Lipinski definition) is 1. The Bertz CT molecular complexity index is 1030. The smallest absolute Gasteiger partial charge is 0.180 e. The number of hydrogen-bond acceptors (Lipinski definition) is 5. The minimum atomic E-state index is 0.412. The Kier molecular flexibility index (Phi) is 8.35. The summed E-state index contributed by atoms with van der Waals surface area (Å²) in [4.78, 5) is 0. The van der Waals surface area contributed by atoms with Gasteiger partial charge in [-0.05, 0) is 47.0 Å². The summed E-state index contributed by atoms with van der Waals surface area (Å²) in [7, 11) is 1.62. The van der Waals surface area contributed by atoms with Crippen molar-refractivity contribution in [3.63, 3.8) is 0 Å². The number of halogens is 1. The van der Waals surface area contributed by atoms with E-state index in [1.54, 1.807) is 13.3 Å². The third-order valence-corrected chi connectivity index (χ3v) is 5.41. The van der Waals surface area contributed by atoms with Crippen LogP contribution in [0.15, 0.2) is 87.5 Å². The van der Waals surface area contributed by atoms with Crippen molar-refractivity contribution in [2.75, 3.05) is 7.11 Å². The van der Waals surface area contributed by atoms with E-state index < -0.39 is 0 Å². The van der Waals surface area contributed by atoms with Crippen LogP contribution in [0.2, 0.25) is 0 Å². The van der Waals surface area contributed by atoms with Crippen LogP contribution in [0.25, 0.3) is 0 Å². The molecular weight excluding hydrogens is 462 g/mol. The first-order chi connectivity index (χ1) is 14.6. The zero-order valence-corrected chi connectivity index (χ0v) is 18.9. The Morgan fingerprint density at radius 3 is 2.57 bits per heavy atom. The van der Waals surface area contributed by atoms with Gasteiger partial charge >= 0.3 is 0 Å². The van der Waals surface area contributed by atoms with Crippen molar-refractivity contribution in [1.82, 2.24) is 0 Å². The summed E-state index contributed by atoms with van der Waals surface area (Å²) in [6.45, 7) is 0.428. The molecule has 0 aliphatic rings. The van der Waals surface area contributed by atoms with Crippen LogP contribution in [0.1, 0.15) is 16.7 Å². The number of nitrogens with two attached hydrogens (primary N) is 1. The molecule has 3 aromatic carbocycles. The van der Waals surface area contributed by atoms with Crippen molar-refractivity contribution >= 4 is 39.1 Å². The van der Waals surface area contributed by atoms with Crippen LogP contribution in [-0.2, 0) is 12.4 Å². The van der Waals surface area contributed by atoms with E-state index in [2.05, 4.69) is 38.3 Å². The van der Waals surface area contributed by atoms with Gasteiger partial charge in [0, 0.05) is 10.2 Å². The minimum absolute atomic E-state index is 0.412. The van der Waals surface area contributed by atoms with Gasteiger partial charge in [-0.2, -0.15) is 5.10 Å². The monoisotopic (exact) mass is 483 g/mol. The topological polar surface area (TPSA) is 69.2 Å². The molecule has 0 saturated heterocycles. The van der Waals surface area contributed by atoms with E-state index in [9.17, 15) is 0 Å². The zero-order chi connectivity index (χ0) is 21.2. The first-order valence-corrected chi connectivity index (χ1v) is 11.0. The molecule has 0 aliphatic carbocycles. The third-order valence-electron chi connectivity index (χ3n) is 4.06. The molecule has 30 heavy (non-hydrogen) atoms. The summed E-state index contributed by atoms with van der Waals surface area (Å²) < 4.78 is 12.4. The van der Waals surface area contributed by atoms with E-state index in [0.29, 0.717) is 23.3 Å². The Balaban J connectivity index is 1.61. The Morgan fingerprint density at radius 1 is 1.00 bits per heavy atom. The molecule has 0 radical (unpaired) electrons. The van der Waals surface area contributed by atoms with Crippen LogP contribution in [0, 0.1) is 0 Å². The fourth-order valence-corrected chi connectivity index (χ4v) is 3.65. The number of methoxy groups -OCH3 is 1. The molecule has 5 nitrogen and oxygen atoms in total. The second-order valence-electron chi connectivity index (χ2n) is 6.29. The lowest BCUT2D eigenvalue weighted by atomic mass is 10.2. The maximum absolute atomic E-state index is 5.95. The first kappa shape index (κ1) is 21.9. The van der Waals surface area contributed by atoms with Crippen molar-refractivity contribution < 1.29 is 9.47 Å². The highest BCUT2D eigenvalue weighted by molar-refractivity contribution is 9.10. The summed E-state index contributed by atoms with van der Waals surface area (Å²) >= 11 is 4.92. The van der Waals surface area contributed by atoms with Gasteiger partial charge in [0.15, 0.2) is 16.7 Å². The molecule has 154 valence electrons. The summed E-state index contributed by atoms with van der Waals surface area (Å²) in [5.74, 6) is 2.04. The molecule has 0 saturated carbocycles. The lowest BCUT2D eigenvalue weighted by molar-refractivity contribution is 0.284. The number of ether oxygens (including phenoxy) is 2. The van der Waals surface area contributed by atoms with Crippen molar-refractivity contribution in [3.8, 4) is 11.5 Å². The number of rotatable bonds is 8. The molecule has 0 heterocycles. The number of nitrogens with zero attached hydrogens (tertiary/aromatic N) is 2. The van der Waals surface area contributed by atoms with Gasteiger partial charge in [-0.15, -0.1) is 5.10 Å². The number of amidine groups is 1. The van der Waals surface area contributed by atoms with E-state index in [4.69, 9.17) is 15.2 Å². The molecule has 0 unspecified atom stereocenters. The molecule has 3 aromatic rings. The summed E-state index contributed by atoms with van der Waals surface area (Å²) in [5, 5.41) is 8.57. The lowest BCUT2D eigenvalue weighted by Crippen LogP contribution is -2.06. The van der Waals surface area contributed by atoms with E-state index in [1.165, 1.54) is 17.3 Å². The zero-order valence-electron chi connectivity index (χ0n) is 16.5. The van der Waals surface area contributed by atoms with Crippen LogP contribution in [0.4, 0.5) is 0 Å². The average Bonchev–Trinajstić information content (AvgIpc) is 2.77. The highest BCUT2D eigenvalue weighted by Crippen LogP contribution is 2.28. The largest absolute Gasteiger partial charge is 0.493 e. The quantitative estimate of drug-likeness (QED) is 0.256. The minimum Gasteiger partial charge on any atom is -0.493 e. The Labute approximate surface area is 189 Å². The summed E-state index contributed by atoms with van der Waals surface area (Å²) in [6.07, 6.45) is 1.64. The number of thioether (sulfide) groups is 1. The normalized spacial score (nSPS) is 11.6. The lowest BCUT2D eigenvalue weighted by Gasteiger charge is -2.11. The fraction of sp³-hybridized carbons (Fsp3) is 0.130. The predicted octanol–water partition coefficient (Wildman–Crippen LogP) is 5.62. The molecule has 0 spiro atoms. The maximum Gasteiger partial charge on any atom is 0.180 e. The molecule has 3 rings (SSSR count).